The number of carbonyl (C=O) groups is 2. The molecule has 1 N–H and O–H groups in total. The number of para-hydroxylation sites is 1. The second kappa shape index (κ2) is 14.3. The minimum atomic E-state index is -0.682. The maximum atomic E-state index is 13.5. The van der Waals surface area contributed by atoms with Gasteiger partial charge in [-0.25, -0.2) is 0 Å². The third kappa shape index (κ3) is 7.31. The molecule has 0 fully saturated rings. The fourth-order valence-electron chi connectivity index (χ4n) is 5.32. The van der Waals surface area contributed by atoms with Crippen molar-refractivity contribution in [2.75, 3.05) is 10.3 Å². The Morgan fingerprint density at radius 3 is 2.27 bits per heavy atom. The number of thioether (sulfide) groups is 1. The summed E-state index contributed by atoms with van der Waals surface area (Å²) in [5.41, 5.74) is 4.92. The summed E-state index contributed by atoms with van der Waals surface area (Å²) in [7, 11) is 0. The first-order valence-corrected chi connectivity index (χ1v) is 17.4. The Kier molecular flexibility index (Phi) is 10.4. The molecule has 0 radical (unpaired) electrons. The van der Waals surface area contributed by atoms with E-state index in [0.29, 0.717) is 28.7 Å². The Labute approximate surface area is 287 Å². The highest BCUT2D eigenvalue weighted by Crippen LogP contribution is 2.39. The molecule has 2 atom stereocenters. The van der Waals surface area contributed by atoms with Crippen LogP contribution in [0, 0.1) is 0 Å². The van der Waals surface area contributed by atoms with Gasteiger partial charge in [0.25, 0.3) is 11.8 Å². The zero-order chi connectivity index (χ0) is 34.6. The number of tetrazole rings is 1. The lowest BCUT2D eigenvalue weighted by atomic mass is 9.76. The van der Waals surface area contributed by atoms with Crippen LogP contribution in [0.5, 0.6) is 5.75 Å². The number of benzene rings is 3. The Morgan fingerprint density at radius 1 is 0.938 bits per heavy atom. The molecule has 0 spiro atoms. The van der Waals surface area contributed by atoms with E-state index in [1.807, 2.05) is 50.2 Å². The molecule has 10 nitrogen and oxygen atoms in total. The average molecular weight is 668 g/mol. The number of carbonyl (C=O) groups excluding carboxylic acids is 2. The van der Waals surface area contributed by atoms with Gasteiger partial charge in [-0.1, -0.05) is 90.6 Å². The number of nitrogens with one attached hydrogen (secondary N) is 1. The Morgan fingerprint density at radius 2 is 1.62 bits per heavy atom. The molecule has 2 heterocycles. The molecule has 1 aliphatic rings. The van der Waals surface area contributed by atoms with Crippen LogP contribution in [-0.4, -0.2) is 49.1 Å². The quantitative estimate of drug-likeness (QED) is 0.155. The van der Waals surface area contributed by atoms with E-state index in [2.05, 4.69) is 79.6 Å². The molecule has 1 aliphatic heterocycles. The number of ether oxygens (including phenoxy) is 1. The second-order valence-electron chi connectivity index (χ2n) is 13.3. The van der Waals surface area contributed by atoms with Crippen molar-refractivity contribution < 1.29 is 14.3 Å². The van der Waals surface area contributed by atoms with E-state index in [1.165, 1.54) is 22.3 Å². The summed E-state index contributed by atoms with van der Waals surface area (Å²) in [6.07, 6.45) is 1.77. The second-order valence-corrected chi connectivity index (χ2v) is 14.4. The van der Waals surface area contributed by atoms with Crippen LogP contribution in [0.2, 0.25) is 0 Å². The number of hydrogen-bond acceptors (Lipinski definition) is 8. The standard InChI is InChI=1S/C37H45N7O3S/c1-9-30(47-31-22-17-25(36(5,6)10-2)23-29(31)37(7,8)11-3)33(45)38-26-18-20-28(21-19-26)43-34(46)32(24(4)40-43)48-35-39-41-42-44(35)27-15-13-12-14-16-27/h12-23,30,32H,9-11H2,1-8H3,(H,38,45). The van der Waals surface area contributed by atoms with Crippen molar-refractivity contribution in [3.63, 3.8) is 0 Å². The third-order valence-electron chi connectivity index (χ3n) is 9.30. The van der Waals surface area contributed by atoms with Crippen LogP contribution >= 0.6 is 11.8 Å². The Bertz CT molecular complexity index is 1780. The van der Waals surface area contributed by atoms with Crippen LogP contribution in [0.4, 0.5) is 11.4 Å². The first-order chi connectivity index (χ1) is 22.9. The highest BCUT2D eigenvalue weighted by Gasteiger charge is 2.37. The van der Waals surface area contributed by atoms with Gasteiger partial charge >= 0.3 is 0 Å². The summed E-state index contributed by atoms with van der Waals surface area (Å²) in [6.45, 7) is 17.1. The number of aromatic nitrogens is 4. The fraction of sp³-hybridized carbons (Fsp3) is 0.405. The molecule has 1 aromatic heterocycles. The SMILES string of the molecule is CCC(Oc1ccc(C(C)(C)CC)cc1C(C)(C)CC)C(=O)Nc1ccc(N2N=C(C)C(Sc3nnnn3-c3ccccc3)C2=O)cc1. The molecule has 2 unspecified atom stereocenters. The lowest BCUT2D eigenvalue weighted by molar-refractivity contribution is -0.123. The molecular formula is C37H45N7O3S. The first kappa shape index (κ1) is 34.8. The van der Waals surface area contributed by atoms with E-state index in [4.69, 9.17) is 4.74 Å². The van der Waals surface area contributed by atoms with Gasteiger partial charge in [-0.2, -0.15) is 14.8 Å². The van der Waals surface area contributed by atoms with Crippen LogP contribution in [0.3, 0.4) is 0 Å². The van der Waals surface area contributed by atoms with Gasteiger partial charge in [-0.3, -0.25) is 9.59 Å². The van der Waals surface area contributed by atoms with Crippen molar-refractivity contribution in [2.45, 2.75) is 102 Å². The van der Waals surface area contributed by atoms with Crippen molar-refractivity contribution in [3.8, 4) is 11.4 Å². The molecule has 11 heteroatoms. The van der Waals surface area contributed by atoms with Crippen molar-refractivity contribution in [3.05, 3.63) is 83.9 Å². The average Bonchev–Trinajstić information content (AvgIpc) is 3.67. The van der Waals surface area contributed by atoms with Crippen LogP contribution in [0.15, 0.2) is 83.1 Å². The molecular weight excluding hydrogens is 623 g/mol. The van der Waals surface area contributed by atoms with Gasteiger partial charge in [0.2, 0.25) is 5.16 Å². The molecule has 5 rings (SSSR count). The topological polar surface area (TPSA) is 115 Å². The molecule has 4 aromatic rings. The summed E-state index contributed by atoms with van der Waals surface area (Å²) in [6, 6.07) is 23.0. The van der Waals surface area contributed by atoms with Gasteiger partial charge < -0.3 is 10.1 Å². The van der Waals surface area contributed by atoms with E-state index in [0.717, 1.165) is 29.8 Å². The van der Waals surface area contributed by atoms with Crippen LogP contribution in [-0.2, 0) is 20.4 Å². The van der Waals surface area contributed by atoms with Crippen LogP contribution < -0.4 is 15.1 Å². The zero-order valence-corrected chi connectivity index (χ0v) is 29.8. The van der Waals surface area contributed by atoms with E-state index >= 15 is 0 Å². The Balaban J connectivity index is 1.27. The minimum absolute atomic E-state index is 0.0367. The molecule has 3 aromatic carbocycles. The van der Waals surface area contributed by atoms with Crippen LogP contribution in [0.1, 0.15) is 85.8 Å². The van der Waals surface area contributed by atoms with E-state index in [1.54, 1.807) is 28.9 Å². The van der Waals surface area contributed by atoms with E-state index < -0.39 is 11.4 Å². The highest BCUT2D eigenvalue weighted by molar-refractivity contribution is 8.01. The monoisotopic (exact) mass is 667 g/mol. The lowest BCUT2D eigenvalue weighted by Gasteiger charge is -2.31. The molecule has 252 valence electrons. The van der Waals surface area contributed by atoms with E-state index in [9.17, 15) is 9.59 Å². The number of nitrogens with zero attached hydrogens (tertiary/aromatic N) is 6. The molecule has 0 saturated heterocycles. The summed E-state index contributed by atoms with van der Waals surface area (Å²) in [5, 5.41) is 20.9. The van der Waals surface area contributed by atoms with Crippen molar-refractivity contribution in [1.82, 2.24) is 20.2 Å². The molecule has 0 saturated carbocycles. The van der Waals surface area contributed by atoms with Crippen molar-refractivity contribution >= 4 is 40.7 Å². The maximum absolute atomic E-state index is 13.5. The summed E-state index contributed by atoms with van der Waals surface area (Å²) < 4.78 is 8.04. The molecule has 48 heavy (non-hydrogen) atoms. The van der Waals surface area contributed by atoms with E-state index in [-0.39, 0.29) is 22.6 Å². The number of hydrazone groups is 1. The van der Waals surface area contributed by atoms with Gasteiger partial charge in [0.15, 0.2) is 6.10 Å². The van der Waals surface area contributed by atoms with Crippen molar-refractivity contribution in [2.24, 2.45) is 5.10 Å². The van der Waals surface area contributed by atoms with Gasteiger partial charge in [-0.05, 0) is 95.5 Å². The summed E-state index contributed by atoms with van der Waals surface area (Å²) >= 11 is 1.25. The first-order valence-electron chi connectivity index (χ1n) is 16.5. The minimum Gasteiger partial charge on any atom is -0.480 e. The molecule has 2 amide bonds. The smallest absolute Gasteiger partial charge is 0.266 e. The summed E-state index contributed by atoms with van der Waals surface area (Å²) in [4.78, 5) is 27.0. The third-order valence-corrected chi connectivity index (χ3v) is 10.5. The van der Waals surface area contributed by atoms with Gasteiger partial charge in [0.05, 0.1) is 17.1 Å². The largest absolute Gasteiger partial charge is 0.480 e. The Hall–Kier alpha value is -4.51. The number of amides is 2. The summed E-state index contributed by atoms with van der Waals surface area (Å²) in [5.74, 6) is 0.304. The highest BCUT2D eigenvalue weighted by atomic mass is 32.2. The normalized spacial score (nSPS) is 15.8. The molecule has 0 aliphatic carbocycles. The van der Waals surface area contributed by atoms with Gasteiger partial charge in [0, 0.05) is 11.3 Å². The fourth-order valence-corrected chi connectivity index (χ4v) is 6.27. The lowest BCUT2D eigenvalue weighted by Crippen LogP contribution is -2.33. The maximum Gasteiger partial charge on any atom is 0.266 e. The number of rotatable bonds is 13. The van der Waals surface area contributed by atoms with Crippen LogP contribution in [0.25, 0.3) is 5.69 Å². The molecule has 0 bridgehead atoms. The van der Waals surface area contributed by atoms with Gasteiger partial charge in [-0.15, -0.1) is 5.10 Å². The number of hydrogen-bond donors (Lipinski definition) is 1. The predicted molar refractivity (Wildman–Crippen MR) is 192 cm³/mol. The predicted octanol–water partition coefficient (Wildman–Crippen LogP) is 7.72. The van der Waals surface area contributed by atoms with Crippen molar-refractivity contribution in [1.29, 1.82) is 0 Å². The van der Waals surface area contributed by atoms with Gasteiger partial charge in [0.1, 0.15) is 11.0 Å². The zero-order valence-electron chi connectivity index (χ0n) is 29.0. The number of anilines is 2.